The van der Waals surface area contributed by atoms with Gasteiger partial charge in [-0.2, -0.15) is 0 Å². The second-order valence-electron chi connectivity index (χ2n) is 5.42. The predicted octanol–water partition coefficient (Wildman–Crippen LogP) is 4.44. The highest BCUT2D eigenvalue weighted by atomic mass is 35.5. The number of methoxy groups -OCH3 is 1. The SMILES string of the molecule is COc1ccc(CNC(=O)c2sc(=S)n(-c3ccc(Cl)cc3)c2N)cc1. The summed E-state index contributed by atoms with van der Waals surface area (Å²) in [4.78, 5) is 12.9. The lowest BCUT2D eigenvalue weighted by Crippen LogP contribution is -2.23. The smallest absolute Gasteiger partial charge is 0.265 e. The summed E-state index contributed by atoms with van der Waals surface area (Å²) in [7, 11) is 1.61. The van der Waals surface area contributed by atoms with Crippen molar-refractivity contribution in [3.05, 3.63) is 67.9 Å². The molecule has 0 radical (unpaired) electrons. The molecule has 1 amide bonds. The maximum Gasteiger partial charge on any atom is 0.265 e. The van der Waals surface area contributed by atoms with Gasteiger partial charge in [-0.05, 0) is 54.2 Å². The highest BCUT2D eigenvalue weighted by molar-refractivity contribution is 7.73. The monoisotopic (exact) mass is 405 g/mol. The van der Waals surface area contributed by atoms with E-state index in [0.717, 1.165) is 17.0 Å². The lowest BCUT2D eigenvalue weighted by Gasteiger charge is -2.08. The Kier molecular flexibility index (Phi) is 5.61. The third-order valence-corrected chi connectivity index (χ3v) is 5.39. The van der Waals surface area contributed by atoms with Crippen LogP contribution >= 0.6 is 35.2 Å². The molecule has 0 aliphatic heterocycles. The van der Waals surface area contributed by atoms with Crippen molar-refractivity contribution >= 4 is 46.9 Å². The van der Waals surface area contributed by atoms with E-state index >= 15 is 0 Å². The molecular formula is C18H16ClN3O2S2. The Balaban J connectivity index is 1.78. The number of nitrogens with one attached hydrogen (secondary N) is 1. The van der Waals surface area contributed by atoms with Gasteiger partial charge in [-0.25, -0.2) is 0 Å². The van der Waals surface area contributed by atoms with Gasteiger partial charge < -0.3 is 15.8 Å². The molecule has 3 aromatic rings. The van der Waals surface area contributed by atoms with E-state index in [-0.39, 0.29) is 5.91 Å². The van der Waals surface area contributed by atoms with Crippen molar-refractivity contribution in [2.75, 3.05) is 12.8 Å². The minimum Gasteiger partial charge on any atom is -0.497 e. The van der Waals surface area contributed by atoms with Crippen LogP contribution in [-0.2, 0) is 6.54 Å². The Morgan fingerprint density at radius 1 is 1.23 bits per heavy atom. The molecule has 0 unspecified atom stereocenters. The maximum absolute atomic E-state index is 12.5. The van der Waals surface area contributed by atoms with Crippen LogP contribution in [0.25, 0.3) is 5.69 Å². The van der Waals surface area contributed by atoms with Crippen molar-refractivity contribution in [1.29, 1.82) is 0 Å². The van der Waals surface area contributed by atoms with Gasteiger partial charge in [0.25, 0.3) is 5.91 Å². The van der Waals surface area contributed by atoms with E-state index in [1.807, 2.05) is 24.3 Å². The summed E-state index contributed by atoms with van der Waals surface area (Å²) in [6.45, 7) is 0.383. The molecule has 8 heteroatoms. The highest BCUT2D eigenvalue weighted by Gasteiger charge is 2.18. The number of hydrogen-bond donors (Lipinski definition) is 2. The van der Waals surface area contributed by atoms with Crippen LogP contribution in [0, 0.1) is 3.95 Å². The number of carbonyl (C=O) groups excluding carboxylic acids is 1. The zero-order chi connectivity index (χ0) is 18.7. The Hall–Kier alpha value is -2.35. The fourth-order valence-electron chi connectivity index (χ4n) is 2.39. The molecule has 0 aliphatic rings. The number of nitrogens with zero attached hydrogens (tertiary/aromatic N) is 1. The van der Waals surface area contributed by atoms with Crippen LogP contribution < -0.4 is 15.8 Å². The molecule has 0 bridgehead atoms. The van der Waals surface area contributed by atoms with Crippen LogP contribution in [0.4, 0.5) is 5.82 Å². The van der Waals surface area contributed by atoms with E-state index < -0.39 is 0 Å². The number of halogens is 1. The third-order valence-electron chi connectivity index (χ3n) is 3.75. The second kappa shape index (κ2) is 7.90. The molecule has 0 spiro atoms. The number of rotatable bonds is 5. The van der Waals surface area contributed by atoms with Gasteiger partial charge in [-0.1, -0.05) is 35.1 Å². The van der Waals surface area contributed by atoms with Crippen LogP contribution in [0.3, 0.4) is 0 Å². The van der Waals surface area contributed by atoms with Crippen molar-refractivity contribution in [2.45, 2.75) is 6.54 Å². The largest absolute Gasteiger partial charge is 0.497 e. The summed E-state index contributed by atoms with van der Waals surface area (Å²) in [6.07, 6.45) is 0. The standard InChI is InChI=1S/C18H16ClN3O2S2/c1-24-14-8-2-11(3-9-14)10-21-17(23)15-16(20)22(18(25)26-15)13-6-4-12(19)5-7-13/h2-9H,10,20H2,1H3,(H,21,23). The molecule has 2 aromatic carbocycles. The lowest BCUT2D eigenvalue weighted by molar-refractivity contribution is 0.0955. The van der Waals surface area contributed by atoms with Crippen LogP contribution in [-0.4, -0.2) is 17.6 Å². The van der Waals surface area contributed by atoms with Crippen molar-refractivity contribution in [3.63, 3.8) is 0 Å². The lowest BCUT2D eigenvalue weighted by atomic mass is 10.2. The van der Waals surface area contributed by atoms with Gasteiger partial charge in [-0.15, -0.1) is 0 Å². The first-order valence-corrected chi connectivity index (χ1v) is 9.28. The van der Waals surface area contributed by atoms with Crippen molar-refractivity contribution in [1.82, 2.24) is 9.88 Å². The van der Waals surface area contributed by atoms with Gasteiger partial charge in [0, 0.05) is 17.3 Å². The first-order valence-electron chi connectivity index (χ1n) is 7.68. The molecule has 5 nitrogen and oxygen atoms in total. The zero-order valence-electron chi connectivity index (χ0n) is 13.9. The first kappa shape index (κ1) is 18.4. The van der Waals surface area contributed by atoms with Crippen LogP contribution in [0.2, 0.25) is 5.02 Å². The molecule has 1 heterocycles. The number of anilines is 1. The van der Waals surface area contributed by atoms with E-state index in [4.69, 9.17) is 34.3 Å². The van der Waals surface area contributed by atoms with Gasteiger partial charge >= 0.3 is 0 Å². The summed E-state index contributed by atoms with van der Waals surface area (Å²) < 4.78 is 7.29. The number of carbonyl (C=O) groups is 1. The van der Waals surface area contributed by atoms with Gasteiger partial charge in [-0.3, -0.25) is 9.36 Å². The van der Waals surface area contributed by atoms with Crippen molar-refractivity contribution in [2.24, 2.45) is 0 Å². The van der Waals surface area contributed by atoms with E-state index in [0.29, 0.717) is 26.2 Å². The molecule has 134 valence electrons. The molecule has 1 aromatic heterocycles. The molecule has 0 atom stereocenters. The van der Waals surface area contributed by atoms with Gasteiger partial charge in [0.2, 0.25) is 0 Å². The Bertz CT molecular complexity index is 979. The van der Waals surface area contributed by atoms with E-state index in [9.17, 15) is 4.79 Å². The minimum atomic E-state index is -0.262. The summed E-state index contributed by atoms with van der Waals surface area (Å²) in [6, 6.07) is 14.6. The first-order chi connectivity index (χ1) is 12.5. The number of nitrogens with two attached hydrogens (primary N) is 1. The summed E-state index contributed by atoms with van der Waals surface area (Å²) in [5, 5.41) is 3.48. The number of aromatic nitrogens is 1. The number of nitrogen functional groups attached to an aromatic ring is 1. The number of thiazole rings is 1. The fraction of sp³-hybridized carbons (Fsp3) is 0.111. The molecule has 3 N–H and O–H groups in total. The molecule has 0 fully saturated rings. The quantitative estimate of drug-likeness (QED) is 0.615. The molecular weight excluding hydrogens is 390 g/mol. The number of benzene rings is 2. The zero-order valence-corrected chi connectivity index (χ0v) is 16.3. The topological polar surface area (TPSA) is 69.3 Å². The minimum absolute atomic E-state index is 0.262. The highest BCUT2D eigenvalue weighted by Crippen LogP contribution is 2.27. The Morgan fingerprint density at radius 3 is 2.50 bits per heavy atom. The average molecular weight is 406 g/mol. The molecule has 0 saturated heterocycles. The van der Waals surface area contributed by atoms with E-state index in [2.05, 4.69) is 5.32 Å². The second-order valence-corrected chi connectivity index (χ2v) is 7.51. The van der Waals surface area contributed by atoms with Crippen LogP contribution in [0.15, 0.2) is 48.5 Å². The molecule has 0 aliphatic carbocycles. The average Bonchev–Trinajstić information content (AvgIpc) is 2.95. The summed E-state index contributed by atoms with van der Waals surface area (Å²) in [5.74, 6) is 0.819. The third kappa shape index (κ3) is 3.90. The number of ether oxygens (including phenoxy) is 1. The van der Waals surface area contributed by atoms with Crippen LogP contribution in [0.5, 0.6) is 5.75 Å². The predicted molar refractivity (Wildman–Crippen MR) is 108 cm³/mol. The normalized spacial score (nSPS) is 10.5. The fourth-order valence-corrected chi connectivity index (χ4v) is 3.80. The van der Waals surface area contributed by atoms with E-state index in [1.165, 1.54) is 11.3 Å². The maximum atomic E-state index is 12.5. The Morgan fingerprint density at radius 2 is 1.88 bits per heavy atom. The van der Waals surface area contributed by atoms with Gasteiger partial charge in [0.1, 0.15) is 16.4 Å². The summed E-state index contributed by atoms with van der Waals surface area (Å²) in [5.41, 5.74) is 7.90. The molecule has 3 rings (SSSR count). The van der Waals surface area contributed by atoms with E-state index in [1.54, 1.807) is 35.9 Å². The number of amides is 1. The van der Waals surface area contributed by atoms with Gasteiger partial charge in [0.15, 0.2) is 3.95 Å². The van der Waals surface area contributed by atoms with Gasteiger partial charge in [0.05, 0.1) is 7.11 Å². The number of hydrogen-bond acceptors (Lipinski definition) is 5. The molecule has 0 saturated carbocycles. The summed E-state index contributed by atoms with van der Waals surface area (Å²) >= 11 is 12.5. The molecule has 26 heavy (non-hydrogen) atoms. The van der Waals surface area contributed by atoms with Crippen LogP contribution in [0.1, 0.15) is 15.2 Å². The Labute approximate surface area is 165 Å². The van der Waals surface area contributed by atoms with Crippen molar-refractivity contribution in [3.8, 4) is 11.4 Å². The van der Waals surface area contributed by atoms with Crippen molar-refractivity contribution < 1.29 is 9.53 Å².